The van der Waals surface area contributed by atoms with E-state index in [-0.39, 0.29) is 6.04 Å². The van der Waals surface area contributed by atoms with E-state index in [1.54, 1.807) is 0 Å². The molecule has 0 aromatic heterocycles. The van der Waals surface area contributed by atoms with Gasteiger partial charge in [0.05, 0.1) is 0 Å². The Labute approximate surface area is 126 Å². The van der Waals surface area contributed by atoms with Crippen molar-refractivity contribution < 1.29 is 0 Å². The zero-order valence-electron chi connectivity index (χ0n) is 12.0. The van der Waals surface area contributed by atoms with Gasteiger partial charge in [-0.05, 0) is 49.3 Å². The Morgan fingerprint density at radius 3 is 2.68 bits per heavy atom. The predicted molar refractivity (Wildman–Crippen MR) is 84.0 cm³/mol. The number of hydrogen-bond acceptors (Lipinski definition) is 1. The maximum Gasteiger partial charge on any atom is 0.0468 e. The first-order valence-electron chi connectivity index (χ1n) is 7.08. The summed E-state index contributed by atoms with van der Waals surface area (Å²) < 4.78 is 0. The van der Waals surface area contributed by atoms with E-state index < -0.39 is 0 Å². The number of nitrogens with one attached hydrogen (secondary N) is 1. The van der Waals surface area contributed by atoms with Crippen molar-refractivity contribution in [3.63, 3.8) is 0 Å². The molecule has 106 valence electrons. The highest BCUT2D eigenvalue weighted by Crippen LogP contribution is 2.36. The van der Waals surface area contributed by atoms with Gasteiger partial charge in [0.15, 0.2) is 0 Å². The van der Waals surface area contributed by atoms with Gasteiger partial charge in [-0.25, -0.2) is 0 Å². The second-order valence-corrected chi connectivity index (χ2v) is 7.36. The first-order chi connectivity index (χ1) is 8.87. The zero-order chi connectivity index (χ0) is 14.0. The van der Waals surface area contributed by atoms with E-state index >= 15 is 0 Å². The Morgan fingerprint density at radius 2 is 2.05 bits per heavy atom. The SMILES string of the molecule is CC(NC1CCCC(C)(C)C1)c1ccc(Cl)cc1Cl. The van der Waals surface area contributed by atoms with Crippen molar-refractivity contribution in [3.05, 3.63) is 33.8 Å². The normalized spacial score (nSPS) is 24.2. The Bertz CT molecular complexity index is 442. The molecule has 0 heterocycles. The van der Waals surface area contributed by atoms with Crippen molar-refractivity contribution in [2.45, 2.75) is 58.5 Å². The van der Waals surface area contributed by atoms with Gasteiger partial charge in [-0.3, -0.25) is 0 Å². The summed E-state index contributed by atoms with van der Waals surface area (Å²) >= 11 is 12.2. The minimum absolute atomic E-state index is 0.267. The summed E-state index contributed by atoms with van der Waals surface area (Å²) in [6.07, 6.45) is 5.15. The van der Waals surface area contributed by atoms with Gasteiger partial charge in [0.1, 0.15) is 0 Å². The third kappa shape index (κ3) is 4.11. The van der Waals surface area contributed by atoms with E-state index in [1.165, 1.54) is 25.7 Å². The van der Waals surface area contributed by atoms with Crippen LogP contribution in [0.15, 0.2) is 18.2 Å². The van der Waals surface area contributed by atoms with Crippen LogP contribution in [0.3, 0.4) is 0 Å². The standard InChI is InChI=1S/C16H23Cl2N/c1-11(14-7-6-12(17)9-15(14)18)19-13-5-4-8-16(2,3)10-13/h6-7,9,11,13,19H,4-5,8,10H2,1-3H3. The lowest BCUT2D eigenvalue weighted by Crippen LogP contribution is -2.38. The van der Waals surface area contributed by atoms with Gasteiger partial charge in [-0.1, -0.05) is 49.5 Å². The number of benzene rings is 1. The van der Waals surface area contributed by atoms with Gasteiger partial charge in [-0.2, -0.15) is 0 Å². The van der Waals surface area contributed by atoms with Crippen LogP contribution in [0.4, 0.5) is 0 Å². The number of rotatable bonds is 3. The Kier molecular flexibility index (Phi) is 4.81. The lowest BCUT2D eigenvalue weighted by Gasteiger charge is -2.37. The first-order valence-corrected chi connectivity index (χ1v) is 7.84. The fourth-order valence-corrected chi connectivity index (χ4v) is 3.71. The molecule has 2 rings (SSSR count). The van der Waals surface area contributed by atoms with E-state index in [9.17, 15) is 0 Å². The molecule has 0 saturated heterocycles. The summed E-state index contributed by atoms with van der Waals surface area (Å²) in [6.45, 7) is 6.90. The molecule has 1 aromatic carbocycles. The van der Waals surface area contributed by atoms with Crippen LogP contribution in [-0.2, 0) is 0 Å². The second kappa shape index (κ2) is 6.03. The van der Waals surface area contributed by atoms with E-state index in [0.717, 1.165) is 10.6 Å². The molecule has 1 saturated carbocycles. The lowest BCUT2D eigenvalue weighted by molar-refractivity contribution is 0.191. The summed E-state index contributed by atoms with van der Waals surface area (Å²) in [6, 6.07) is 6.61. The molecule has 1 fully saturated rings. The molecule has 1 N–H and O–H groups in total. The Hall–Kier alpha value is -0.240. The third-order valence-electron chi connectivity index (χ3n) is 4.12. The predicted octanol–water partition coefficient (Wildman–Crippen LogP) is 5.61. The third-order valence-corrected chi connectivity index (χ3v) is 4.68. The van der Waals surface area contributed by atoms with Gasteiger partial charge >= 0.3 is 0 Å². The minimum atomic E-state index is 0.267. The van der Waals surface area contributed by atoms with Crippen molar-refractivity contribution in [2.24, 2.45) is 5.41 Å². The van der Waals surface area contributed by atoms with Gasteiger partial charge in [0.2, 0.25) is 0 Å². The monoisotopic (exact) mass is 299 g/mol. The molecule has 19 heavy (non-hydrogen) atoms. The largest absolute Gasteiger partial charge is 0.307 e. The molecule has 0 spiro atoms. The fraction of sp³-hybridized carbons (Fsp3) is 0.625. The van der Waals surface area contributed by atoms with Crippen LogP contribution in [-0.4, -0.2) is 6.04 Å². The fourth-order valence-electron chi connectivity index (χ4n) is 3.14. The van der Waals surface area contributed by atoms with Gasteiger partial charge in [0.25, 0.3) is 0 Å². The summed E-state index contributed by atoms with van der Waals surface area (Å²) in [5.41, 5.74) is 1.59. The molecule has 0 aliphatic heterocycles. The quantitative estimate of drug-likeness (QED) is 0.764. The van der Waals surface area contributed by atoms with Crippen LogP contribution >= 0.6 is 23.2 Å². The topological polar surface area (TPSA) is 12.0 Å². The highest BCUT2D eigenvalue weighted by atomic mass is 35.5. The van der Waals surface area contributed by atoms with Gasteiger partial charge < -0.3 is 5.32 Å². The summed E-state index contributed by atoms with van der Waals surface area (Å²) in [7, 11) is 0. The molecule has 3 heteroatoms. The molecule has 0 radical (unpaired) electrons. The van der Waals surface area contributed by atoms with Gasteiger partial charge in [0, 0.05) is 22.1 Å². The molecule has 0 bridgehead atoms. The molecular formula is C16H23Cl2N. The zero-order valence-corrected chi connectivity index (χ0v) is 13.5. The van der Waals surface area contributed by atoms with Crippen LogP contribution in [0.5, 0.6) is 0 Å². The second-order valence-electron chi connectivity index (χ2n) is 6.51. The van der Waals surface area contributed by atoms with Crippen LogP contribution in [0.2, 0.25) is 10.0 Å². The average molecular weight is 300 g/mol. The maximum atomic E-state index is 6.27. The minimum Gasteiger partial charge on any atom is -0.307 e. The van der Waals surface area contributed by atoms with E-state index in [1.807, 2.05) is 18.2 Å². The van der Waals surface area contributed by atoms with Crippen molar-refractivity contribution in [1.82, 2.24) is 5.32 Å². The summed E-state index contributed by atoms with van der Waals surface area (Å²) in [4.78, 5) is 0. The van der Waals surface area contributed by atoms with Crippen LogP contribution < -0.4 is 5.32 Å². The van der Waals surface area contributed by atoms with Crippen LogP contribution in [0.1, 0.15) is 58.1 Å². The molecule has 1 aromatic rings. The Balaban J connectivity index is 2.02. The molecule has 0 amide bonds. The molecule has 1 nitrogen and oxygen atoms in total. The van der Waals surface area contributed by atoms with Gasteiger partial charge in [-0.15, -0.1) is 0 Å². The van der Waals surface area contributed by atoms with Crippen molar-refractivity contribution >= 4 is 23.2 Å². The molecular weight excluding hydrogens is 277 g/mol. The molecule has 1 aliphatic rings. The highest BCUT2D eigenvalue weighted by Gasteiger charge is 2.28. The van der Waals surface area contributed by atoms with Crippen molar-refractivity contribution in [1.29, 1.82) is 0 Å². The van der Waals surface area contributed by atoms with Crippen LogP contribution in [0.25, 0.3) is 0 Å². The number of hydrogen-bond donors (Lipinski definition) is 1. The van der Waals surface area contributed by atoms with Crippen molar-refractivity contribution in [2.75, 3.05) is 0 Å². The smallest absolute Gasteiger partial charge is 0.0468 e. The van der Waals surface area contributed by atoms with E-state index in [2.05, 4.69) is 26.1 Å². The van der Waals surface area contributed by atoms with Crippen molar-refractivity contribution in [3.8, 4) is 0 Å². The Morgan fingerprint density at radius 1 is 1.32 bits per heavy atom. The molecule has 1 aliphatic carbocycles. The summed E-state index contributed by atoms with van der Waals surface area (Å²) in [5, 5.41) is 5.17. The van der Waals surface area contributed by atoms with E-state index in [4.69, 9.17) is 23.2 Å². The molecule has 2 unspecified atom stereocenters. The highest BCUT2D eigenvalue weighted by molar-refractivity contribution is 6.35. The molecule has 2 atom stereocenters. The lowest BCUT2D eigenvalue weighted by atomic mass is 9.75. The maximum absolute atomic E-state index is 6.27. The average Bonchev–Trinajstić information content (AvgIpc) is 2.27. The van der Waals surface area contributed by atoms with E-state index in [0.29, 0.717) is 16.5 Å². The number of halogens is 2. The summed E-state index contributed by atoms with van der Waals surface area (Å²) in [5.74, 6) is 0. The van der Waals surface area contributed by atoms with Crippen LogP contribution in [0, 0.1) is 5.41 Å². The first kappa shape index (κ1) is 15.2.